The van der Waals surface area contributed by atoms with E-state index in [1.165, 1.54) is 12.8 Å². The van der Waals surface area contributed by atoms with Crippen molar-refractivity contribution in [1.82, 2.24) is 15.6 Å². The first-order valence-electron chi connectivity index (χ1n) is 6.61. The van der Waals surface area contributed by atoms with E-state index in [9.17, 15) is 4.79 Å². The number of piperidine rings is 1. The van der Waals surface area contributed by atoms with Gasteiger partial charge in [0.15, 0.2) is 0 Å². The summed E-state index contributed by atoms with van der Waals surface area (Å²) in [5, 5.41) is 9.24. The van der Waals surface area contributed by atoms with Crippen LogP contribution in [0.5, 0.6) is 0 Å². The van der Waals surface area contributed by atoms with Gasteiger partial charge < -0.3 is 10.6 Å². The molecule has 2 heterocycles. The summed E-state index contributed by atoms with van der Waals surface area (Å²) in [6, 6.07) is 0. The standard InChI is InChI=1S/C13H21N3OS.2ClH/c1-10(11-3-2-4-14-8-11)7-12(17)16-9-13-15-5-6-18-13;;/h5-6,10-11,14H,2-4,7-9H2,1H3,(H,16,17);2*1H. The maximum atomic E-state index is 11.8. The Morgan fingerprint density at radius 1 is 1.60 bits per heavy atom. The predicted molar refractivity (Wildman–Crippen MR) is 87.8 cm³/mol. The Hall–Kier alpha value is -0.360. The molecule has 0 saturated carbocycles. The maximum Gasteiger partial charge on any atom is 0.220 e. The fourth-order valence-corrected chi connectivity index (χ4v) is 2.97. The van der Waals surface area contributed by atoms with Crippen LogP contribution in [0.15, 0.2) is 11.6 Å². The van der Waals surface area contributed by atoms with E-state index in [0.717, 1.165) is 18.1 Å². The lowest BCUT2D eigenvalue weighted by atomic mass is 9.85. The molecule has 116 valence electrons. The molecule has 1 saturated heterocycles. The Morgan fingerprint density at radius 3 is 3.00 bits per heavy atom. The molecule has 1 fully saturated rings. The fourth-order valence-electron chi connectivity index (χ4n) is 2.41. The topological polar surface area (TPSA) is 54.0 Å². The molecular weight excluding hydrogens is 317 g/mol. The van der Waals surface area contributed by atoms with Gasteiger partial charge in [-0.15, -0.1) is 36.2 Å². The van der Waals surface area contributed by atoms with E-state index in [1.54, 1.807) is 17.5 Å². The highest BCUT2D eigenvalue weighted by atomic mass is 35.5. The van der Waals surface area contributed by atoms with Crippen molar-refractivity contribution in [3.8, 4) is 0 Å². The summed E-state index contributed by atoms with van der Waals surface area (Å²) >= 11 is 1.58. The van der Waals surface area contributed by atoms with Gasteiger partial charge in [-0.2, -0.15) is 0 Å². The third-order valence-electron chi connectivity index (χ3n) is 3.57. The molecule has 0 aliphatic carbocycles. The average Bonchev–Trinajstić information content (AvgIpc) is 2.90. The smallest absolute Gasteiger partial charge is 0.220 e. The number of hydrogen-bond donors (Lipinski definition) is 2. The van der Waals surface area contributed by atoms with E-state index in [2.05, 4.69) is 22.5 Å². The molecule has 0 aromatic carbocycles. The summed E-state index contributed by atoms with van der Waals surface area (Å²) in [5.74, 6) is 1.24. The molecule has 0 spiro atoms. The summed E-state index contributed by atoms with van der Waals surface area (Å²) < 4.78 is 0. The zero-order valence-corrected chi connectivity index (χ0v) is 14.1. The van der Waals surface area contributed by atoms with Crippen LogP contribution in [0.4, 0.5) is 0 Å². The van der Waals surface area contributed by atoms with Crippen LogP contribution in [0.3, 0.4) is 0 Å². The van der Waals surface area contributed by atoms with Gasteiger partial charge in [0.25, 0.3) is 0 Å². The first-order valence-corrected chi connectivity index (χ1v) is 7.49. The molecule has 1 aliphatic rings. The Labute approximate surface area is 137 Å². The largest absolute Gasteiger partial charge is 0.350 e. The Balaban J connectivity index is 0.00000180. The second-order valence-corrected chi connectivity index (χ2v) is 5.97. The molecule has 2 rings (SSSR count). The third kappa shape index (κ3) is 6.39. The van der Waals surface area contributed by atoms with Crippen molar-refractivity contribution in [3.05, 3.63) is 16.6 Å². The van der Waals surface area contributed by atoms with Crippen molar-refractivity contribution in [2.24, 2.45) is 11.8 Å². The van der Waals surface area contributed by atoms with Crippen LogP contribution in [0.2, 0.25) is 0 Å². The molecule has 1 aliphatic heterocycles. The number of hydrogen-bond acceptors (Lipinski definition) is 4. The first kappa shape index (κ1) is 19.6. The molecule has 2 unspecified atom stereocenters. The molecular formula is C13H23Cl2N3OS. The molecule has 1 amide bonds. The Morgan fingerprint density at radius 2 is 2.40 bits per heavy atom. The normalized spacial score (nSPS) is 19.4. The predicted octanol–water partition coefficient (Wildman–Crippen LogP) is 2.63. The number of thiazole rings is 1. The van der Waals surface area contributed by atoms with Crippen LogP contribution < -0.4 is 10.6 Å². The minimum Gasteiger partial charge on any atom is -0.350 e. The summed E-state index contributed by atoms with van der Waals surface area (Å²) in [5.41, 5.74) is 0. The number of carbonyl (C=O) groups is 1. The zero-order chi connectivity index (χ0) is 12.8. The van der Waals surface area contributed by atoms with E-state index in [-0.39, 0.29) is 30.7 Å². The van der Waals surface area contributed by atoms with Gasteiger partial charge in [0, 0.05) is 18.0 Å². The highest BCUT2D eigenvalue weighted by Crippen LogP contribution is 2.22. The van der Waals surface area contributed by atoms with Gasteiger partial charge in [-0.05, 0) is 37.8 Å². The number of carbonyl (C=O) groups excluding carboxylic acids is 1. The van der Waals surface area contributed by atoms with E-state index in [1.807, 2.05) is 5.38 Å². The monoisotopic (exact) mass is 339 g/mol. The number of halogens is 2. The number of nitrogens with one attached hydrogen (secondary N) is 2. The van der Waals surface area contributed by atoms with Crippen molar-refractivity contribution in [2.75, 3.05) is 13.1 Å². The fraction of sp³-hybridized carbons (Fsp3) is 0.692. The second-order valence-electron chi connectivity index (χ2n) is 4.99. The van der Waals surface area contributed by atoms with Gasteiger partial charge in [0.05, 0.1) is 6.54 Å². The van der Waals surface area contributed by atoms with Crippen molar-refractivity contribution in [2.45, 2.75) is 32.7 Å². The minimum absolute atomic E-state index is 0. The highest BCUT2D eigenvalue weighted by molar-refractivity contribution is 7.09. The first-order chi connectivity index (χ1) is 8.75. The van der Waals surface area contributed by atoms with Gasteiger partial charge in [-0.3, -0.25) is 4.79 Å². The van der Waals surface area contributed by atoms with E-state index < -0.39 is 0 Å². The quantitative estimate of drug-likeness (QED) is 0.866. The zero-order valence-electron chi connectivity index (χ0n) is 11.6. The lowest BCUT2D eigenvalue weighted by Gasteiger charge is -2.27. The molecule has 2 atom stereocenters. The van der Waals surface area contributed by atoms with Crippen LogP contribution in [0.25, 0.3) is 0 Å². The summed E-state index contributed by atoms with van der Waals surface area (Å²) in [6.07, 6.45) is 4.86. The molecule has 1 aromatic heterocycles. The molecule has 0 bridgehead atoms. The van der Waals surface area contributed by atoms with Crippen LogP contribution in [-0.4, -0.2) is 24.0 Å². The average molecular weight is 340 g/mol. The summed E-state index contributed by atoms with van der Waals surface area (Å²) in [4.78, 5) is 16.0. The van der Waals surface area contributed by atoms with E-state index in [0.29, 0.717) is 24.8 Å². The van der Waals surface area contributed by atoms with Gasteiger partial charge >= 0.3 is 0 Å². The number of rotatable bonds is 5. The number of nitrogens with zero attached hydrogens (tertiary/aromatic N) is 1. The molecule has 0 radical (unpaired) electrons. The van der Waals surface area contributed by atoms with Gasteiger partial charge in [-0.25, -0.2) is 4.98 Å². The molecule has 7 heteroatoms. The van der Waals surface area contributed by atoms with E-state index in [4.69, 9.17) is 0 Å². The number of amides is 1. The molecule has 4 nitrogen and oxygen atoms in total. The maximum absolute atomic E-state index is 11.8. The summed E-state index contributed by atoms with van der Waals surface area (Å²) in [7, 11) is 0. The number of aromatic nitrogens is 1. The van der Waals surface area contributed by atoms with Crippen molar-refractivity contribution < 1.29 is 4.79 Å². The van der Waals surface area contributed by atoms with Crippen LogP contribution >= 0.6 is 36.2 Å². The second kappa shape index (κ2) is 10.4. The molecule has 2 N–H and O–H groups in total. The van der Waals surface area contributed by atoms with E-state index >= 15 is 0 Å². The minimum atomic E-state index is 0. The van der Waals surface area contributed by atoms with Crippen LogP contribution in [0, 0.1) is 11.8 Å². The van der Waals surface area contributed by atoms with Gasteiger partial charge in [-0.1, -0.05) is 6.92 Å². The molecule has 1 aromatic rings. The van der Waals surface area contributed by atoms with Crippen molar-refractivity contribution >= 4 is 42.1 Å². The lowest BCUT2D eigenvalue weighted by molar-refractivity contribution is -0.122. The SMILES string of the molecule is CC(CC(=O)NCc1nccs1)C1CCCNC1.Cl.Cl. The van der Waals surface area contributed by atoms with Crippen molar-refractivity contribution in [3.63, 3.8) is 0 Å². The highest BCUT2D eigenvalue weighted by Gasteiger charge is 2.21. The molecule has 20 heavy (non-hydrogen) atoms. The summed E-state index contributed by atoms with van der Waals surface area (Å²) in [6.45, 7) is 4.92. The Kier molecular flexibility index (Phi) is 10.2. The lowest BCUT2D eigenvalue weighted by Crippen LogP contribution is -2.35. The van der Waals surface area contributed by atoms with Crippen molar-refractivity contribution in [1.29, 1.82) is 0 Å². The Bertz CT molecular complexity index is 370. The third-order valence-corrected chi connectivity index (χ3v) is 4.35. The van der Waals surface area contributed by atoms with Crippen LogP contribution in [-0.2, 0) is 11.3 Å². The van der Waals surface area contributed by atoms with Crippen LogP contribution in [0.1, 0.15) is 31.2 Å². The van der Waals surface area contributed by atoms with Gasteiger partial charge in [0.2, 0.25) is 5.91 Å². The van der Waals surface area contributed by atoms with Gasteiger partial charge in [0.1, 0.15) is 5.01 Å².